The summed E-state index contributed by atoms with van der Waals surface area (Å²) in [5.41, 5.74) is 2.92. The van der Waals surface area contributed by atoms with Crippen molar-refractivity contribution in [1.82, 2.24) is 43.7 Å². The first-order valence-electron chi connectivity index (χ1n) is 18.0. The van der Waals surface area contributed by atoms with Crippen LogP contribution in [-0.4, -0.2) is 88.9 Å². The van der Waals surface area contributed by atoms with Gasteiger partial charge in [0.2, 0.25) is 11.8 Å². The molecule has 1 aromatic carbocycles. The average Bonchev–Trinajstić information content (AvgIpc) is 3.82. The van der Waals surface area contributed by atoms with E-state index in [1.165, 1.54) is 15.3 Å². The van der Waals surface area contributed by atoms with E-state index in [1.54, 1.807) is 41.0 Å². The van der Waals surface area contributed by atoms with Crippen LogP contribution in [0.15, 0.2) is 53.8 Å². The van der Waals surface area contributed by atoms with Crippen LogP contribution < -0.4 is 21.2 Å². The highest BCUT2D eigenvalue weighted by Gasteiger charge is 2.33. The molecule has 0 bridgehead atoms. The zero-order valence-corrected chi connectivity index (χ0v) is 29.2. The Morgan fingerprint density at radius 1 is 1.06 bits per heavy atom. The van der Waals surface area contributed by atoms with Gasteiger partial charge in [-0.05, 0) is 76.1 Å². The maximum absolute atomic E-state index is 14.9. The normalized spacial score (nSPS) is 21.7. The number of amides is 3. The summed E-state index contributed by atoms with van der Waals surface area (Å²) in [6.45, 7) is 2.67. The lowest BCUT2D eigenvalue weighted by Crippen LogP contribution is -2.45. The van der Waals surface area contributed by atoms with Gasteiger partial charge in [-0.25, -0.2) is 14.3 Å². The Hall–Kier alpha value is -5.38. The quantitative estimate of drug-likeness (QED) is 0.231. The lowest BCUT2D eigenvalue weighted by molar-refractivity contribution is -0.135. The maximum Gasteiger partial charge on any atom is 0.329 e. The summed E-state index contributed by atoms with van der Waals surface area (Å²) in [6, 6.07) is 7.35. The molecule has 1 atom stereocenters. The van der Waals surface area contributed by atoms with Gasteiger partial charge < -0.3 is 15.1 Å². The number of nitrogens with one attached hydrogen (secondary N) is 2. The number of rotatable bonds is 8. The molecule has 1 aliphatic carbocycles. The molecule has 3 aliphatic rings. The number of imidazole rings is 1. The van der Waals surface area contributed by atoms with Gasteiger partial charge in [-0.15, -0.1) is 5.10 Å². The van der Waals surface area contributed by atoms with Crippen LogP contribution in [-0.2, 0) is 16.6 Å². The van der Waals surface area contributed by atoms with Crippen LogP contribution in [0.4, 0.5) is 15.8 Å². The Morgan fingerprint density at radius 3 is 2.62 bits per heavy atom. The first-order valence-corrected chi connectivity index (χ1v) is 18.0. The van der Waals surface area contributed by atoms with E-state index < -0.39 is 23.8 Å². The van der Waals surface area contributed by atoms with E-state index in [4.69, 9.17) is 0 Å². The number of aromatic nitrogens is 7. The topological polar surface area (TPSA) is 157 Å². The van der Waals surface area contributed by atoms with Crippen molar-refractivity contribution in [2.24, 2.45) is 13.0 Å². The summed E-state index contributed by atoms with van der Waals surface area (Å²) in [7, 11) is 3.95. The van der Waals surface area contributed by atoms with Crippen molar-refractivity contribution in [3.8, 4) is 0 Å². The van der Waals surface area contributed by atoms with Gasteiger partial charge in [0.05, 0.1) is 35.2 Å². The number of piperidine rings is 2. The van der Waals surface area contributed by atoms with Crippen LogP contribution in [0.25, 0.3) is 16.7 Å². The van der Waals surface area contributed by atoms with Crippen molar-refractivity contribution >= 4 is 45.8 Å². The number of benzene rings is 1. The third kappa shape index (κ3) is 6.14. The van der Waals surface area contributed by atoms with Gasteiger partial charge in [0.1, 0.15) is 17.3 Å². The van der Waals surface area contributed by atoms with Crippen LogP contribution in [0.5, 0.6) is 0 Å². The van der Waals surface area contributed by atoms with Crippen LogP contribution in [0.2, 0.25) is 0 Å². The van der Waals surface area contributed by atoms with E-state index in [2.05, 4.69) is 42.7 Å². The SMILES string of the molecule is CN(C[C@H]1CC[C@H](n2cc(NC(=O)c3cnn4cccnc34)c(F)n2)CC1)C1CCN(c2cccc3c2n(C)c(=O)n3C2CCC(=O)NC2=O)CC1. The van der Waals surface area contributed by atoms with Gasteiger partial charge in [0.25, 0.3) is 11.9 Å². The van der Waals surface area contributed by atoms with E-state index in [-0.39, 0.29) is 35.3 Å². The van der Waals surface area contributed by atoms with Crippen LogP contribution in [0, 0.1) is 11.9 Å². The highest BCUT2D eigenvalue weighted by atomic mass is 19.1. The van der Waals surface area contributed by atoms with Crippen molar-refractivity contribution in [3.63, 3.8) is 0 Å². The summed E-state index contributed by atoms with van der Waals surface area (Å²) < 4.78 is 21.2. The minimum Gasteiger partial charge on any atom is -0.370 e. The first-order chi connectivity index (χ1) is 25.2. The highest BCUT2D eigenvalue weighted by molar-refractivity contribution is 6.08. The van der Waals surface area contributed by atoms with E-state index in [9.17, 15) is 23.6 Å². The first kappa shape index (κ1) is 33.7. The number of nitrogens with zero attached hydrogens (tertiary/aromatic N) is 9. The smallest absolute Gasteiger partial charge is 0.329 e. The van der Waals surface area contributed by atoms with Gasteiger partial charge in [0, 0.05) is 51.5 Å². The molecule has 52 heavy (non-hydrogen) atoms. The fourth-order valence-corrected chi connectivity index (χ4v) is 8.42. The van der Waals surface area contributed by atoms with Crippen LogP contribution >= 0.6 is 0 Å². The largest absolute Gasteiger partial charge is 0.370 e. The third-order valence-electron chi connectivity index (χ3n) is 11.2. The summed E-state index contributed by atoms with van der Waals surface area (Å²) in [4.78, 5) is 59.7. The predicted octanol–water partition coefficient (Wildman–Crippen LogP) is 3.28. The van der Waals surface area contributed by atoms with Gasteiger partial charge in [-0.2, -0.15) is 9.49 Å². The molecule has 4 aromatic heterocycles. The Kier molecular flexibility index (Phi) is 8.85. The number of para-hydroxylation sites is 1. The number of fused-ring (bicyclic) bond motifs is 2. The molecule has 272 valence electrons. The Balaban J connectivity index is 0.852. The molecule has 16 heteroatoms. The zero-order chi connectivity index (χ0) is 36.1. The average molecular weight is 712 g/mol. The summed E-state index contributed by atoms with van der Waals surface area (Å²) in [5.74, 6) is -1.42. The van der Waals surface area contributed by atoms with Crippen LogP contribution in [0.3, 0.4) is 0 Å². The predicted molar refractivity (Wildman–Crippen MR) is 191 cm³/mol. The third-order valence-corrected chi connectivity index (χ3v) is 11.2. The van der Waals surface area contributed by atoms with Gasteiger partial charge in [0.15, 0.2) is 5.65 Å². The standard InChI is InChI=1S/C36H42FN11O4/c1-43(20-22-7-9-24(10-8-22)47-21-26(32(37)42-47)40-34(50)25-19-39-46-16-4-15-38-33(25)46)23-13-17-45(18-14-23)27-5-3-6-28-31(27)44(2)36(52)48(28)29-11-12-30(49)41-35(29)51/h3-6,15-16,19,21-24,29H,7-14,17-18,20H2,1-2H3,(H,40,50)(H,41,49,51)/t22-,24-,29?. The number of hydrogen-bond donors (Lipinski definition) is 2. The number of carbonyl (C=O) groups excluding carboxylic acids is 3. The summed E-state index contributed by atoms with van der Waals surface area (Å²) in [6.07, 6.45) is 12.5. The molecule has 0 spiro atoms. The molecule has 1 saturated carbocycles. The second-order valence-corrected chi connectivity index (χ2v) is 14.4. The molecular formula is C36H42FN11O4. The number of carbonyl (C=O) groups is 3. The van der Waals surface area contributed by atoms with Crippen molar-refractivity contribution in [3.05, 3.63) is 71.0 Å². The minimum absolute atomic E-state index is 0.0406. The molecule has 5 aromatic rings. The second-order valence-electron chi connectivity index (χ2n) is 14.4. The lowest BCUT2D eigenvalue weighted by atomic mass is 9.85. The van der Waals surface area contributed by atoms with Gasteiger partial charge in [-0.3, -0.25) is 33.5 Å². The fourth-order valence-electron chi connectivity index (χ4n) is 8.42. The van der Waals surface area contributed by atoms with E-state index in [1.807, 2.05) is 18.2 Å². The molecule has 6 heterocycles. The molecular weight excluding hydrogens is 669 g/mol. The van der Waals surface area contributed by atoms with Crippen LogP contribution in [0.1, 0.15) is 73.8 Å². The molecule has 3 amide bonds. The minimum atomic E-state index is -0.712. The number of hydrogen-bond acceptors (Lipinski definition) is 9. The fraction of sp³-hybridized carbons (Fsp3) is 0.472. The second kappa shape index (κ2) is 13.6. The number of aryl methyl sites for hydroxylation is 1. The monoisotopic (exact) mass is 711 g/mol. The molecule has 1 unspecified atom stereocenters. The van der Waals surface area contributed by atoms with Crippen molar-refractivity contribution in [1.29, 1.82) is 0 Å². The maximum atomic E-state index is 14.9. The highest BCUT2D eigenvalue weighted by Crippen LogP contribution is 2.35. The van der Waals surface area contributed by atoms with Gasteiger partial charge >= 0.3 is 5.69 Å². The molecule has 2 N–H and O–H groups in total. The molecule has 2 aliphatic heterocycles. The summed E-state index contributed by atoms with van der Waals surface area (Å²) in [5, 5.41) is 13.3. The Morgan fingerprint density at radius 2 is 1.85 bits per heavy atom. The molecule has 8 rings (SSSR count). The number of imide groups is 1. The lowest BCUT2D eigenvalue weighted by Gasteiger charge is -2.40. The Bertz CT molecular complexity index is 2220. The molecule has 0 radical (unpaired) electrons. The van der Waals surface area contributed by atoms with E-state index >= 15 is 0 Å². The van der Waals surface area contributed by atoms with Crippen molar-refractivity contribution in [2.45, 2.75) is 69.5 Å². The molecule has 15 nitrogen and oxygen atoms in total. The molecule has 3 fully saturated rings. The van der Waals surface area contributed by atoms with E-state index in [0.717, 1.165) is 69.4 Å². The number of halogens is 1. The van der Waals surface area contributed by atoms with E-state index in [0.29, 0.717) is 29.5 Å². The van der Waals surface area contributed by atoms with Crippen molar-refractivity contribution in [2.75, 3.05) is 36.9 Å². The van der Waals surface area contributed by atoms with Gasteiger partial charge in [-0.1, -0.05) is 6.07 Å². The zero-order valence-electron chi connectivity index (χ0n) is 29.2. The number of anilines is 2. The van der Waals surface area contributed by atoms with Crippen molar-refractivity contribution < 1.29 is 18.8 Å². The summed E-state index contributed by atoms with van der Waals surface area (Å²) >= 11 is 0. The molecule has 2 saturated heterocycles. The Labute approximate surface area is 298 Å².